The maximum atomic E-state index is 13.9. The highest BCUT2D eigenvalue weighted by Crippen LogP contribution is 2.26. The molecule has 3 aromatic rings. The van der Waals surface area contributed by atoms with Crippen molar-refractivity contribution in [3.63, 3.8) is 0 Å². The van der Waals surface area contributed by atoms with Gasteiger partial charge in [0.15, 0.2) is 0 Å². The van der Waals surface area contributed by atoms with Crippen LogP contribution in [0.2, 0.25) is 5.02 Å². The van der Waals surface area contributed by atoms with Gasteiger partial charge in [-0.15, -0.1) is 0 Å². The lowest BCUT2D eigenvalue weighted by molar-refractivity contribution is -0.139. The van der Waals surface area contributed by atoms with Crippen molar-refractivity contribution in [2.45, 2.75) is 38.3 Å². The summed E-state index contributed by atoms with van der Waals surface area (Å²) >= 11 is 6.05. The van der Waals surface area contributed by atoms with E-state index in [0.29, 0.717) is 17.3 Å². The van der Waals surface area contributed by atoms with Crippen LogP contribution in [0, 0.1) is 5.92 Å². The van der Waals surface area contributed by atoms with Gasteiger partial charge in [-0.3, -0.25) is 13.9 Å². The second-order valence-electron chi connectivity index (χ2n) is 9.49. The molecule has 2 amide bonds. The number of anilines is 1. The first kappa shape index (κ1) is 30.0. The summed E-state index contributed by atoms with van der Waals surface area (Å²) in [7, 11) is -2.56. The van der Waals surface area contributed by atoms with Crippen molar-refractivity contribution in [2.75, 3.05) is 24.5 Å². The summed E-state index contributed by atoms with van der Waals surface area (Å²) in [5.74, 6) is 0.0208. The molecule has 0 saturated heterocycles. The smallest absolute Gasteiger partial charge is 0.264 e. The molecule has 0 aromatic heterocycles. The molecule has 0 fully saturated rings. The highest BCUT2D eigenvalue weighted by Gasteiger charge is 2.32. The Hall–Kier alpha value is -3.56. The summed E-state index contributed by atoms with van der Waals surface area (Å²) in [5.41, 5.74) is 1.04. The number of benzene rings is 3. The Kier molecular flexibility index (Phi) is 10.4. The third-order valence-electron chi connectivity index (χ3n) is 6.09. The van der Waals surface area contributed by atoms with Crippen LogP contribution in [0.4, 0.5) is 5.69 Å². The van der Waals surface area contributed by atoms with E-state index in [4.69, 9.17) is 16.3 Å². The van der Waals surface area contributed by atoms with Gasteiger partial charge in [-0.1, -0.05) is 55.8 Å². The topological polar surface area (TPSA) is 96.0 Å². The fraction of sp³-hybridized carbons (Fsp3) is 0.310. The maximum absolute atomic E-state index is 13.9. The van der Waals surface area contributed by atoms with Gasteiger partial charge in [0.25, 0.3) is 10.0 Å². The van der Waals surface area contributed by atoms with Crippen molar-refractivity contribution >= 4 is 39.1 Å². The Morgan fingerprint density at radius 2 is 1.54 bits per heavy atom. The molecule has 0 saturated carbocycles. The van der Waals surface area contributed by atoms with E-state index >= 15 is 0 Å². The zero-order chi connectivity index (χ0) is 28.6. The first-order chi connectivity index (χ1) is 18.5. The van der Waals surface area contributed by atoms with Gasteiger partial charge in [0.05, 0.1) is 17.7 Å². The standard InChI is InChI=1S/C29H34ClN3O5S/c1-21(2)18-31-29(35)22(3)32(19-23-10-16-26(38-4)17-11-23)28(34)20-33(25-14-12-24(30)13-15-25)39(36,37)27-8-6-5-7-9-27/h5-17,21-22H,18-20H2,1-4H3,(H,31,35). The normalized spacial score (nSPS) is 12.1. The number of sulfonamides is 1. The Balaban J connectivity index is 1.98. The number of nitrogens with one attached hydrogen (secondary N) is 1. The second-order valence-corrected chi connectivity index (χ2v) is 11.8. The average Bonchev–Trinajstić information content (AvgIpc) is 2.94. The SMILES string of the molecule is COc1ccc(CN(C(=O)CN(c2ccc(Cl)cc2)S(=O)(=O)c2ccccc2)C(C)C(=O)NCC(C)C)cc1. The molecule has 1 unspecified atom stereocenters. The fourth-order valence-corrected chi connectivity index (χ4v) is 5.38. The summed E-state index contributed by atoms with van der Waals surface area (Å²) in [6.07, 6.45) is 0. The van der Waals surface area contributed by atoms with Gasteiger partial charge >= 0.3 is 0 Å². The Morgan fingerprint density at radius 3 is 2.10 bits per heavy atom. The van der Waals surface area contributed by atoms with E-state index in [2.05, 4.69) is 5.32 Å². The molecule has 0 spiro atoms. The molecule has 1 N–H and O–H groups in total. The van der Waals surface area contributed by atoms with Gasteiger partial charge < -0.3 is 15.0 Å². The van der Waals surface area contributed by atoms with E-state index in [1.807, 2.05) is 13.8 Å². The monoisotopic (exact) mass is 571 g/mol. The Labute approximate surface area is 235 Å². The molecule has 0 aliphatic rings. The summed E-state index contributed by atoms with van der Waals surface area (Å²) in [5, 5.41) is 3.30. The van der Waals surface area contributed by atoms with Crippen LogP contribution < -0.4 is 14.4 Å². The molecule has 39 heavy (non-hydrogen) atoms. The van der Waals surface area contributed by atoms with Gasteiger partial charge in [0.2, 0.25) is 11.8 Å². The molecule has 0 heterocycles. The largest absolute Gasteiger partial charge is 0.497 e. The van der Waals surface area contributed by atoms with Crippen molar-refractivity contribution in [2.24, 2.45) is 5.92 Å². The van der Waals surface area contributed by atoms with Crippen molar-refractivity contribution in [3.05, 3.63) is 89.4 Å². The van der Waals surface area contributed by atoms with E-state index in [9.17, 15) is 18.0 Å². The van der Waals surface area contributed by atoms with Gasteiger partial charge in [-0.2, -0.15) is 0 Å². The van der Waals surface area contributed by atoms with Crippen LogP contribution in [0.15, 0.2) is 83.8 Å². The zero-order valence-corrected chi connectivity index (χ0v) is 24.1. The zero-order valence-electron chi connectivity index (χ0n) is 22.5. The highest BCUT2D eigenvalue weighted by atomic mass is 35.5. The van der Waals surface area contributed by atoms with Crippen LogP contribution in [0.3, 0.4) is 0 Å². The molecule has 208 valence electrons. The molecular formula is C29H34ClN3O5S. The number of rotatable bonds is 12. The van der Waals surface area contributed by atoms with E-state index in [-0.39, 0.29) is 29.0 Å². The predicted octanol–water partition coefficient (Wildman–Crippen LogP) is 4.73. The molecule has 0 aliphatic heterocycles. The van der Waals surface area contributed by atoms with Crippen LogP contribution in [0.25, 0.3) is 0 Å². The number of amides is 2. The number of carbonyl (C=O) groups excluding carboxylic acids is 2. The quantitative estimate of drug-likeness (QED) is 0.339. The number of hydrogen-bond acceptors (Lipinski definition) is 5. The van der Waals surface area contributed by atoms with Gasteiger partial charge in [0, 0.05) is 18.1 Å². The number of halogens is 1. The molecule has 0 radical (unpaired) electrons. The molecular weight excluding hydrogens is 538 g/mol. The predicted molar refractivity (Wildman–Crippen MR) is 153 cm³/mol. The fourth-order valence-electron chi connectivity index (χ4n) is 3.82. The van der Waals surface area contributed by atoms with Crippen molar-refractivity contribution in [3.8, 4) is 5.75 Å². The number of hydrogen-bond donors (Lipinski definition) is 1. The third-order valence-corrected chi connectivity index (χ3v) is 8.13. The Morgan fingerprint density at radius 1 is 0.923 bits per heavy atom. The van der Waals surface area contributed by atoms with Gasteiger partial charge in [-0.05, 0) is 66.9 Å². The highest BCUT2D eigenvalue weighted by molar-refractivity contribution is 7.92. The van der Waals surface area contributed by atoms with Crippen LogP contribution >= 0.6 is 11.6 Å². The first-order valence-electron chi connectivity index (χ1n) is 12.6. The Bertz CT molecular complexity index is 1350. The van der Waals surface area contributed by atoms with Crippen LogP contribution in [-0.4, -0.2) is 51.4 Å². The minimum Gasteiger partial charge on any atom is -0.497 e. The molecule has 8 nitrogen and oxygen atoms in total. The van der Waals surface area contributed by atoms with E-state index in [1.54, 1.807) is 80.8 Å². The van der Waals surface area contributed by atoms with Crippen molar-refractivity contribution in [1.82, 2.24) is 10.2 Å². The summed E-state index contributed by atoms with van der Waals surface area (Å²) in [4.78, 5) is 28.3. The molecule has 3 rings (SSSR count). The van der Waals surface area contributed by atoms with Crippen LogP contribution in [0.5, 0.6) is 5.75 Å². The summed E-state index contributed by atoms with van der Waals surface area (Å²) in [6.45, 7) is 5.62. The third kappa shape index (κ3) is 7.97. The van der Waals surface area contributed by atoms with Crippen LogP contribution in [-0.2, 0) is 26.2 Å². The molecule has 3 aromatic carbocycles. The lowest BCUT2D eigenvalue weighted by Crippen LogP contribution is -2.51. The number of ether oxygens (including phenoxy) is 1. The first-order valence-corrected chi connectivity index (χ1v) is 14.4. The lowest BCUT2D eigenvalue weighted by atomic mass is 10.1. The van der Waals surface area contributed by atoms with Crippen molar-refractivity contribution < 1.29 is 22.7 Å². The number of methoxy groups -OCH3 is 1. The summed E-state index contributed by atoms with van der Waals surface area (Å²) < 4.78 is 33.7. The molecule has 10 heteroatoms. The number of nitrogens with zero attached hydrogens (tertiary/aromatic N) is 2. The van der Waals surface area contributed by atoms with Gasteiger partial charge in [0.1, 0.15) is 18.3 Å². The summed E-state index contributed by atoms with van der Waals surface area (Å²) in [6, 6.07) is 20.4. The minimum absolute atomic E-state index is 0.0391. The molecule has 0 bridgehead atoms. The average molecular weight is 572 g/mol. The second kappa shape index (κ2) is 13.5. The minimum atomic E-state index is -4.12. The van der Waals surface area contributed by atoms with Gasteiger partial charge in [-0.25, -0.2) is 8.42 Å². The molecule has 1 atom stereocenters. The van der Waals surface area contributed by atoms with E-state index < -0.39 is 28.5 Å². The van der Waals surface area contributed by atoms with E-state index in [1.165, 1.54) is 17.0 Å². The molecule has 0 aliphatic carbocycles. The number of carbonyl (C=O) groups is 2. The lowest BCUT2D eigenvalue weighted by Gasteiger charge is -2.32. The van der Waals surface area contributed by atoms with Crippen molar-refractivity contribution in [1.29, 1.82) is 0 Å². The van der Waals surface area contributed by atoms with Crippen LogP contribution in [0.1, 0.15) is 26.3 Å². The maximum Gasteiger partial charge on any atom is 0.264 e. The van der Waals surface area contributed by atoms with E-state index in [0.717, 1.165) is 9.87 Å².